The molecule has 1 aliphatic heterocycles. The van der Waals surface area contributed by atoms with Gasteiger partial charge >= 0.3 is 6.18 Å². The predicted molar refractivity (Wildman–Crippen MR) is 63.8 cm³/mol. The molecule has 1 N–H and O–H groups in total. The summed E-state index contributed by atoms with van der Waals surface area (Å²) < 4.78 is 41.8. The molecule has 110 valence electrons. The van der Waals surface area contributed by atoms with Gasteiger partial charge in [0.15, 0.2) is 0 Å². The minimum absolute atomic E-state index is 0.112. The second-order valence-corrected chi connectivity index (χ2v) is 5.61. The number of hydrogen-bond donors (Lipinski definition) is 1. The molecule has 19 heavy (non-hydrogen) atoms. The number of carbonyl (C=O) groups is 1. The standard InChI is InChI=1S/C13H20F3NO2/c14-13(15,16)9-17-8-11(18)10-3-6-19-12(7-10)4-1-2-5-12/h10,17H,1-9H2. The fourth-order valence-corrected chi connectivity index (χ4v) is 3.14. The molecule has 6 heteroatoms. The molecule has 2 aliphatic rings. The normalized spacial score (nSPS) is 26.8. The highest BCUT2D eigenvalue weighted by Crippen LogP contribution is 2.42. The van der Waals surface area contributed by atoms with Crippen molar-refractivity contribution in [3.05, 3.63) is 0 Å². The molecule has 1 aliphatic carbocycles. The Morgan fingerprint density at radius 2 is 2.00 bits per heavy atom. The lowest BCUT2D eigenvalue weighted by atomic mass is 9.82. The number of ether oxygens (including phenoxy) is 1. The quantitative estimate of drug-likeness (QED) is 0.859. The van der Waals surface area contributed by atoms with Crippen LogP contribution >= 0.6 is 0 Å². The zero-order valence-corrected chi connectivity index (χ0v) is 10.9. The van der Waals surface area contributed by atoms with E-state index in [0.29, 0.717) is 19.4 Å². The van der Waals surface area contributed by atoms with Gasteiger partial charge in [-0.1, -0.05) is 12.8 Å². The van der Waals surface area contributed by atoms with Crippen LogP contribution in [0, 0.1) is 5.92 Å². The molecule has 0 bridgehead atoms. The molecule has 1 heterocycles. The first-order chi connectivity index (χ1) is 8.90. The fourth-order valence-electron chi connectivity index (χ4n) is 3.14. The van der Waals surface area contributed by atoms with Crippen LogP contribution in [-0.2, 0) is 9.53 Å². The van der Waals surface area contributed by atoms with Crippen molar-refractivity contribution in [2.24, 2.45) is 5.92 Å². The summed E-state index contributed by atoms with van der Waals surface area (Å²) in [6, 6.07) is 0. The Morgan fingerprint density at radius 3 is 2.63 bits per heavy atom. The maximum Gasteiger partial charge on any atom is 0.401 e. The van der Waals surface area contributed by atoms with Gasteiger partial charge in [-0.2, -0.15) is 13.2 Å². The van der Waals surface area contributed by atoms with Crippen LogP contribution < -0.4 is 5.32 Å². The number of carbonyl (C=O) groups excluding carboxylic acids is 1. The molecule has 1 unspecified atom stereocenters. The van der Waals surface area contributed by atoms with E-state index in [-0.39, 0.29) is 23.8 Å². The van der Waals surface area contributed by atoms with Crippen molar-refractivity contribution in [3.8, 4) is 0 Å². The third kappa shape index (κ3) is 4.18. The summed E-state index contributed by atoms with van der Waals surface area (Å²) in [6.07, 6.45) is 1.25. The van der Waals surface area contributed by atoms with Crippen molar-refractivity contribution in [3.63, 3.8) is 0 Å². The first-order valence-corrected chi connectivity index (χ1v) is 6.84. The van der Waals surface area contributed by atoms with E-state index >= 15 is 0 Å². The lowest BCUT2D eigenvalue weighted by molar-refractivity contribution is -0.138. The molecule has 1 atom stereocenters. The monoisotopic (exact) mass is 279 g/mol. The molecule has 0 aromatic heterocycles. The van der Waals surface area contributed by atoms with Gasteiger partial charge in [-0.15, -0.1) is 0 Å². The largest absolute Gasteiger partial charge is 0.401 e. The van der Waals surface area contributed by atoms with Crippen LogP contribution in [0.5, 0.6) is 0 Å². The molecule has 0 aromatic rings. The molecule has 3 nitrogen and oxygen atoms in total. The van der Waals surface area contributed by atoms with Crippen molar-refractivity contribution < 1.29 is 22.7 Å². The van der Waals surface area contributed by atoms with Crippen LogP contribution in [0.2, 0.25) is 0 Å². The van der Waals surface area contributed by atoms with Crippen LogP contribution in [-0.4, -0.2) is 37.3 Å². The van der Waals surface area contributed by atoms with Gasteiger partial charge in [0.1, 0.15) is 5.78 Å². The number of nitrogens with one attached hydrogen (secondary N) is 1. The Bertz CT molecular complexity index is 324. The predicted octanol–water partition coefficient (Wildman–Crippen LogP) is 2.45. The highest BCUT2D eigenvalue weighted by molar-refractivity contribution is 5.83. The van der Waals surface area contributed by atoms with Crippen molar-refractivity contribution in [1.82, 2.24) is 5.32 Å². The Hall–Kier alpha value is -0.620. The summed E-state index contributed by atoms with van der Waals surface area (Å²) in [5, 5.41) is 2.19. The smallest absolute Gasteiger partial charge is 0.375 e. The third-order valence-corrected chi connectivity index (χ3v) is 4.09. The Kier molecular flexibility index (Phi) is 4.50. The van der Waals surface area contributed by atoms with Gasteiger partial charge in [-0.05, 0) is 25.7 Å². The molecule has 0 aromatic carbocycles. The van der Waals surface area contributed by atoms with E-state index in [4.69, 9.17) is 4.74 Å². The Labute approximate surface area is 110 Å². The molecule has 0 amide bonds. The van der Waals surface area contributed by atoms with E-state index in [9.17, 15) is 18.0 Å². The second-order valence-electron chi connectivity index (χ2n) is 5.61. The topological polar surface area (TPSA) is 38.3 Å². The van der Waals surface area contributed by atoms with E-state index in [1.54, 1.807) is 0 Å². The van der Waals surface area contributed by atoms with Crippen molar-refractivity contribution in [2.45, 2.75) is 50.3 Å². The number of ketones is 1. The number of alkyl halides is 3. The summed E-state index contributed by atoms with van der Waals surface area (Å²) in [5.41, 5.74) is -0.164. The van der Waals surface area contributed by atoms with Crippen LogP contribution in [0.25, 0.3) is 0 Å². The number of Topliss-reactive ketones (excluding diaryl/α,β-unsaturated/α-hetero) is 1. The van der Waals surface area contributed by atoms with Gasteiger partial charge in [0.25, 0.3) is 0 Å². The summed E-state index contributed by atoms with van der Waals surface area (Å²) in [7, 11) is 0. The Balaban J connectivity index is 1.79. The number of hydrogen-bond acceptors (Lipinski definition) is 3. The van der Waals surface area contributed by atoms with Crippen LogP contribution in [0.3, 0.4) is 0 Å². The maximum absolute atomic E-state index is 12.0. The van der Waals surface area contributed by atoms with Gasteiger partial charge < -0.3 is 10.1 Å². The van der Waals surface area contributed by atoms with Gasteiger partial charge in [-0.25, -0.2) is 0 Å². The molecule has 1 saturated carbocycles. The molecule has 2 fully saturated rings. The molecule has 1 saturated heterocycles. The van der Waals surface area contributed by atoms with Crippen LogP contribution in [0.4, 0.5) is 13.2 Å². The fraction of sp³-hybridized carbons (Fsp3) is 0.923. The minimum Gasteiger partial charge on any atom is -0.375 e. The highest BCUT2D eigenvalue weighted by atomic mass is 19.4. The van der Waals surface area contributed by atoms with Gasteiger partial charge in [0, 0.05) is 12.5 Å². The van der Waals surface area contributed by atoms with Gasteiger partial charge in [0.2, 0.25) is 0 Å². The van der Waals surface area contributed by atoms with Gasteiger partial charge in [-0.3, -0.25) is 4.79 Å². The highest BCUT2D eigenvalue weighted by Gasteiger charge is 2.41. The minimum atomic E-state index is -4.26. The van der Waals surface area contributed by atoms with Crippen molar-refractivity contribution >= 4 is 5.78 Å². The molecule has 2 rings (SSSR count). The van der Waals surface area contributed by atoms with Crippen LogP contribution in [0.15, 0.2) is 0 Å². The molecule has 0 radical (unpaired) electrons. The SMILES string of the molecule is O=C(CNCC(F)(F)F)C1CCOC2(CCCC2)C1. The van der Waals surface area contributed by atoms with Crippen molar-refractivity contribution in [2.75, 3.05) is 19.7 Å². The van der Waals surface area contributed by atoms with E-state index in [1.807, 2.05) is 0 Å². The summed E-state index contributed by atoms with van der Waals surface area (Å²) in [6.45, 7) is -0.747. The van der Waals surface area contributed by atoms with E-state index in [0.717, 1.165) is 25.7 Å². The first kappa shape index (κ1) is 14.8. The lowest BCUT2D eigenvalue weighted by Gasteiger charge is -2.37. The third-order valence-electron chi connectivity index (χ3n) is 4.09. The molecular weight excluding hydrogens is 259 g/mol. The summed E-state index contributed by atoms with van der Waals surface area (Å²) >= 11 is 0. The second kappa shape index (κ2) is 5.79. The zero-order valence-electron chi connectivity index (χ0n) is 10.9. The average molecular weight is 279 g/mol. The first-order valence-electron chi connectivity index (χ1n) is 6.84. The van der Waals surface area contributed by atoms with Gasteiger partial charge in [0.05, 0.1) is 18.7 Å². The zero-order chi connectivity index (χ0) is 13.9. The summed E-state index contributed by atoms with van der Waals surface area (Å²) in [4.78, 5) is 11.9. The lowest BCUT2D eigenvalue weighted by Crippen LogP contribution is -2.42. The summed E-state index contributed by atoms with van der Waals surface area (Å²) in [5.74, 6) is -0.258. The van der Waals surface area contributed by atoms with E-state index < -0.39 is 12.7 Å². The van der Waals surface area contributed by atoms with E-state index in [1.165, 1.54) is 0 Å². The molecular formula is C13H20F3NO2. The van der Waals surface area contributed by atoms with Crippen molar-refractivity contribution in [1.29, 1.82) is 0 Å². The number of rotatable bonds is 4. The average Bonchev–Trinajstić information content (AvgIpc) is 2.75. The Morgan fingerprint density at radius 1 is 1.32 bits per heavy atom. The molecule has 1 spiro atoms. The number of halogens is 3. The maximum atomic E-state index is 12.0. The van der Waals surface area contributed by atoms with E-state index in [2.05, 4.69) is 5.32 Å². The van der Waals surface area contributed by atoms with Crippen LogP contribution in [0.1, 0.15) is 38.5 Å².